The van der Waals surface area contributed by atoms with Gasteiger partial charge in [-0.05, 0) is 12.1 Å². The molecule has 5 heteroatoms. The van der Waals surface area contributed by atoms with E-state index in [9.17, 15) is 0 Å². The summed E-state index contributed by atoms with van der Waals surface area (Å²) in [6.07, 6.45) is 0.975. The van der Waals surface area contributed by atoms with Gasteiger partial charge in [-0.15, -0.1) is 0 Å². The van der Waals surface area contributed by atoms with Crippen LogP contribution in [0.2, 0.25) is 0 Å². The summed E-state index contributed by atoms with van der Waals surface area (Å²) in [7, 11) is 0. The van der Waals surface area contributed by atoms with Crippen LogP contribution in [0.5, 0.6) is 0 Å². The van der Waals surface area contributed by atoms with Crippen molar-refractivity contribution in [1.82, 2.24) is 15.3 Å². The first kappa shape index (κ1) is 12.0. The van der Waals surface area contributed by atoms with Gasteiger partial charge in [-0.1, -0.05) is 40.3 Å². The molecular formula is C13H12BrN3S. The first-order chi connectivity index (χ1) is 8.74. The molecule has 0 aliphatic carbocycles. The predicted octanol–water partition coefficient (Wildman–Crippen LogP) is 3.21. The molecule has 1 aromatic heterocycles. The van der Waals surface area contributed by atoms with Gasteiger partial charge in [0.15, 0.2) is 0 Å². The largest absolute Gasteiger partial charge is 0.343 e. The molecule has 0 amide bonds. The number of fused-ring (bicyclic) bond motifs is 1. The summed E-state index contributed by atoms with van der Waals surface area (Å²) in [5.41, 5.74) is 3.40. The van der Waals surface area contributed by atoms with Crippen molar-refractivity contribution in [3.05, 3.63) is 44.6 Å². The highest BCUT2D eigenvalue weighted by atomic mass is 79.9. The van der Waals surface area contributed by atoms with Crippen molar-refractivity contribution in [2.75, 3.05) is 6.54 Å². The normalized spacial score (nSPS) is 14.3. The topological polar surface area (TPSA) is 40.7 Å². The number of hydrogen-bond acceptors (Lipinski definition) is 3. The molecule has 18 heavy (non-hydrogen) atoms. The van der Waals surface area contributed by atoms with Crippen LogP contribution in [0, 0.1) is 4.64 Å². The first-order valence-electron chi connectivity index (χ1n) is 5.83. The Morgan fingerprint density at radius 1 is 1.33 bits per heavy atom. The third-order valence-electron chi connectivity index (χ3n) is 3.06. The van der Waals surface area contributed by atoms with Crippen molar-refractivity contribution in [3.63, 3.8) is 0 Å². The molecular weight excluding hydrogens is 310 g/mol. The van der Waals surface area contributed by atoms with Crippen molar-refractivity contribution < 1.29 is 0 Å². The van der Waals surface area contributed by atoms with Gasteiger partial charge in [-0.25, -0.2) is 4.98 Å². The van der Waals surface area contributed by atoms with Crippen LogP contribution >= 0.6 is 28.1 Å². The fourth-order valence-corrected chi connectivity index (χ4v) is 2.83. The van der Waals surface area contributed by atoms with E-state index in [1.54, 1.807) is 0 Å². The lowest BCUT2D eigenvalue weighted by atomic mass is 10.1. The highest BCUT2D eigenvalue weighted by Crippen LogP contribution is 2.22. The standard InChI is InChI=1S/C13H12BrN3S/c14-9-3-1-2-8(6-9)12-16-11-4-5-15-7-10(11)13(18)17-12/h1-3,6,15H,4-5,7H2,(H,16,17,18). The lowest BCUT2D eigenvalue weighted by Crippen LogP contribution is -2.25. The maximum atomic E-state index is 5.38. The van der Waals surface area contributed by atoms with Gasteiger partial charge in [0.25, 0.3) is 0 Å². The van der Waals surface area contributed by atoms with E-state index in [0.29, 0.717) is 4.64 Å². The molecule has 3 rings (SSSR count). The molecule has 2 heterocycles. The molecule has 2 N–H and O–H groups in total. The van der Waals surface area contributed by atoms with Crippen LogP contribution in [0.3, 0.4) is 0 Å². The SMILES string of the molecule is S=c1nc(-c2cccc(Br)c2)[nH]c2c1CNCC2. The van der Waals surface area contributed by atoms with Crippen LogP contribution in [0.25, 0.3) is 11.4 Å². The molecule has 0 spiro atoms. The fraction of sp³-hybridized carbons (Fsp3) is 0.231. The average Bonchev–Trinajstić information content (AvgIpc) is 2.39. The number of benzene rings is 1. The summed E-state index contributed by atoms with van der Waals surface area (Å²) in [5, 5.41) is 3.32. The van der Waals surface area contributed by atoms with Gasteiger partial charge in [-0.3, -0.25) is 0 Å². The molecule has 1 aliphatic heterocycles. The molecule has 1 aliphatic rings. The van der Waals surface area contributed by atoms with Crippen LogP contribution in [-0.4, -0.2) is 16.5 Å². The Labute approximate surface area is 119 Å². The van der Waals surface area contributed by atoms with E-state index in [1.807, 2.05) is 24.3 Å². The number of nitrogens with one attached hydrogen (secondary N) is 2. The van der Waals surface area contributed by atoms with E-state index in [4.69, 9.17) is 12.2 Å². The molecule has 0 unspecified atom stereocenters. The van der Waals surface area contributed by atoms with E-state index in [1.165, 1.54) is 5.69 Å². The van der Waals surface area contributed by atoms with Crippen molar-refractivity contribution in [1.29, 1.82) is 0 Å². The summed E-state index contributed by atoms with van der Waals surface area (Å²) in [5.74, 6) is 0.849. The summed E-state index contributed by atoms with van der Waals surface area (Å²) in [6, 6.07) is 8.08. The summed E-state index contributed by atoms with van der Waals surface area (Å²) < 4.78 is 1.74. The highest BCUT2D eigenvalue weighted by molar-refractivity contribution is 9.10. The highest BCUT2D eigenvalue weighted by Gasteiger charge is 2.13. The van der Waals surface area contributed by atoms with Crippen LogP contribution in [0.15, 0.2) is 28.7 Å². The van der Waals surface area contributed by atoms with Gasteiger partial charge < -0.3 is 10.3 Å². The van der Waals surface area contributed by atoms with Crippen LogP contribution in [-0.2, 0) is 13.0 Å². The van der Waals surface area contributed by atoms with Crippen molar-refractivity contribution in [3.8, 4) is 11.4 Å². The monoisotopic (exact) mass is 321 g/mol. The van der Waals surface area contributed by atoms with Gasteiger partial charge in [-0.2, -0.15) is 0 Å². The third kappa shape index (κ3) is 2.25. The Morgan fingerprint density at radius 3 is 3.06 bits per heavy atom. The Kier molecular flexibility index (Phi) is 3.28. The Bertz CT molecular complexity index is 651. The van der Waals surface area contributed by atoms with Crippen molar-refractivity contribution >= 4 is 28.1 Å². The Morgan fingerprint density at radius 2 is 2.22 bits per heavy atom. The third-order valence-corrected chi connectivity index (χ3v) is 3.89. The van der Waals surface area contributed by atoms with Gasteiger partial charge in [0.1, 0.15) is 10.5 Å². The van der Waals surface area contributed by atoms with Crippen LogP contribution in [0.4, 0.5) is 0 Å². The maximum absolute atomic E-state index is 5.38. The Hall–Kier alpha value is -1.04. The van der Waals surface area contributed by atoms with Gasteiger partial charge >= 0.3 is 0 Å². The number of nitrogens with zero attached hydrogens (tertiary/aromatic N) is 1. The van der Waals surface area contributed by atoms with E-state index in [0.717, 1.165) is 40.9 Å². The van der Waals surface area contributed by atoms with E-state index >= 15 is 0 Å². The van der Waals surface area contributed by atoms with E-state index < -0.39 is 0 Å². The van der Waals surface area contributed by atoms with Crippen LogP contribution in [0.1, 0.15) is 11.3 Å². The maximum Gasteiger partial charge on any atom is 0.139 e. The smallest absolute Gasteiger partial charge is 0.139 e. The zero-order chi connectivity index (χ0) is 12.5. The van der Waals surface area contributed by atoms with E-state index in [2.05, 4.69) is 31.2 Å². The minimum atomic E-state index is 0.700. The fourth-order valence-electron chi connectivity index (χ4n) is 2.14. The predicted molar refractivity (Wildman–Crippen MR) is 78.0 cm³/mol. The number of H-pyrrole nitrogens is 1. The zero-order valence-electron chi connectivity index (χ0n) is 9.66. The van der Waals surface area contributed by atoms with E-state index in [-0.39, 0.29) is 0 Å². The zero-order valence-corrected chi connectivity index (χ0v) is 12.1. The number of aromatic nitrogens is 2. The number of halogens is 1. The second-order valence-corrected chi connectivity index (χ2v) is 5.59. The summed E-state index contributed by atoms with van der Waals surface area (Å²) in [4.78, 5) is 7.91. The molecule has 0 fully saturated rings. The molecule has 92 valence electrons. The van der Waals surface area contributed by atoms with Crippen molar-refractivity contribution in [2.45, 2.75) is 13.0 Å². The molecule has 1 aromatic carbocycles. The number of aromatic amines is 1. The first-order valence-corrected chi connectivity index (χ1v) is 7.03. The minimum Gasteiger partial charge on any atom is -0.343 e. The second-order valence-electron chi connectivity index (χ2n) is 4.28. The molecule has 0 saturated heterocycles. The Balaban J connectivity index is 2.14. The molecule has 3 nitrogen and oxygen atoms in total. The van der Waals surface area contributed by atoms with Gasteiger partial charge in [0, 0.05) is 40.8 Å². The second kappa shape index (κ2) is 4.91. The molecule has 0 atom stereocenters. The van der Waals surface area contributed by atoms with Crippen molar-refractivity contribution in [2.24, 2.45) is 0 Å². The lowest BCUT2D eigenvalue weighted by Gasteiger charge is -2.17. The lowest BCUT2D eigenvalue weighted by molar-refractivity contribution is 0.624. The number of rotatable bonds is 1. The van der Waals surface area contributed by atoms with Crippen LogP contribution < -0.4 is 5.32 Å². The van der Waals surface area contributed by atoms with Gasteiger partial charge in [0.2, 0.25) is 0 Å². The van der Waals surface area contributed by atoms with Gasteiger partial charge in [0.05, 0.1) is 0 Å². The summed E-state index contributed by atoms with van der Waals surface area (Å²) >= 11 is 8.85. The minimum absolute atomic E-state index is 0.700. The molecule has 2 aromatic rings. The summed E-state index contributed by atoms with van der Waals surface area (Å²) in [6.45, 7) is 1.80. The molecule has 0 saturated carbocycles. The average molecular weight is 322 g/mol. The molecule has 0 radical (unpaired) electrons. The number of hydrogen-bond donors (Lipinski definition) is 2. The molecule has 0 bridgehead atoms. The quantitative estimate of drug-likeness (QED) is 0.792.